The van der Waals surface area contributed by atoms with Gasteiger partial charge in [0.2, 0.25) is 0 Å². The Morgan fingerprint density at radius 1 is 1.37 bits per heavy atom. The molecule has 0 aromatic carbocycles. The summed E-state index contributed by atoms with van der Waals surface area (Å²) in [6, 6.07) is 0. The van der Waals surface area contributed by atoms with E-state index in [0.717, 1.165) is 12.8 Å². The quantitative estimate of drug-likeness (QED) is 0.610. The number of aliphatic hydroxyl groups is 1. The van der Waals surface area contributed by atoms with E-state index in [-0.39, 0.29) is 11.1 Å². The van der Waals surface area contributed by atoms with Gasteiger partial charge in [-0.3, -0.25) is 0 Å². The molecule has 19 heavy (non-hydrogen) atoms. The van der Waals surface area contributed by atoms with Crippen molar-refractivity contribution in [1.82, 2.24) is 0 Å². The van der Waals surface area contributed by atoms with Crippen LogP contribution in [0, 0.1) is 5.92 Å². The molecule has 0 saturated carbocycles. The van der Waals surface area contributed by atoms with Crippen LogP contribution in [-0.2, 0) is 4.43 Å². The average Bonchev–Trinajstić information content (AvgIpc) is 2.18. The molecule has 0 heterocycles. The minimum Gasteiger partial charge on any atom is -0.408 e. The van der Waals surface area contributed by atoms with Gasteiger partial charge < -0.3 is 9.53 Å². The molecular weight excluding hydrogens is 252 g/mol. The summed E-state index contributed by atoms with van der Waals surface area (Å²) in [6.45, 7) is 17.6. The van der Waals surface area contributed by atoms with Gasteiger partial charge in [-0.25, -0.2) is 0 Å². The zero-order chi connectivity index (χ0) is 15.1. The van der Waals surface area contributed by atoms with Crippen molar-refractivity contribution >= 4 is 8.32 Å². The van der Waals surface area contributed by atoms with Crippen LogP contribution < -0.4 is 0 Å². The molecule has 0 saturated heterocycles. The molecule has 0 radical (unpaired) electrons. The Balaban J connectivity index is 2.98. The largest absolute Gasteiger partial charge is 0.408 e. The average molecular weight is 285 g/mol. The molecule has 0 fully saturated rings. The smallest absolute Gasteiger partial charge is 0.193 e. The summed E-state index contributed by atoms with van der Waals surface area (Å²) in [5.41, 5.74) is 0.698. The third kappa shape index (κ3) is 3.93. The number of hydrogen-bond acceptors (Lipinski definition) is 2. The van der Waals surface area contributed by atoms with Crippen LogP contribution in [0.25, 0.3) is 0 Å². The topological polar surface area (TPSA) is 29.5 Å². The van der Waals surface area contributed by atoms with Crippen LogP contribution in [0.4, 0.5) is 0 Å². The second kappa shape index (κ2) is 5.34. The van der Waals surface area contributed by atoms with Crippen LogP contribution in [0.3, 0.4) is 0 Å². The molecule has 0 bridgehead atoms. The van der Waals surface area contributed by atoms with Gasteiger partial charge in [-0.2, -0.15) is 0 Å². The molecule has 1 aliphatic rings. The zero-order valence-electron chi connectivity index (χ0n) is 14.0. The third-order valence-electron chi connectivity index (χ3n) is 4.87. The molecule has 1 N–H and O–H groups in total. The van der Waals surface area contributed by atoms with E-state index in [4.69, 9.17) is 4.43 Å². The van der Waals surface area contributed by atoms with Crippen LogP contribution in [0.2, 0.25) is 18.1 Å². The van der Waals surface area contributed by atoms with E-state index in [1.807, 2.05) is 6.92 Å². The maximum atomic E-state index is 10.6. The zero-order valence-corrected chi connectivity index (χ0v) is 15.0. The van der Waals surface area contributed by atoms with Gasteiger partial charge in [0.25, 0.3) is 0 Å². The van der Waals surface area contributed by atoms with Crippen molar-refractivity contribution in [3.8, 4) is 0 Å². The normalized spacial score (nSPS) is 29.6. The third-order valence-corrected chi connectivity index (χ3v) is 9.32. The molecule has 2 nitrogen and oxygen atoms in total. The molecule has 112 valence electrons. The van der Waals surface area contributed by atoms with Crippen LogP contribution in [0.1, 0.15) is 54.4 Å². The lowest BCUT2D eigenvalue weighted by molar-refractivity contribution is -0.0432. The SMILES string of the molecule is CC(C)C1=C[C@H](O[Si](C)(C)C(C)(C)C)[C@](C)(O)CC1. The molecule has 1 rings (SSSR count). The summed E-state index contributed by atoms with van der Waals surface area (Å²) in [6.07, 6.45) is 3.83. The first-order valence-electron chi connectivity index (χ1n) is 7.47. The Morgan fingerprint density at radius 3 is 2.32 bits per heavy atom. The lowest BCUT2D eigenvalue weighted by atomic mass is 9.81. The lowest BCUT2D eigenvalue weighted by Crippen LogP contribution is -2.51. The predicted molar refractivity (Wildman–Crippen MR) is 84.8 cm³/mol. The van der Waals surface area contributed by atoms with Crippen LogP contribution in [0.5, 0.6) is 0 Å². The fourth-order valence-corrected chi connectivity index (χ4v) is 3.44. The highest BCUT2D eigenvalue weighted by atomic mass is 28.4. The monoisotopic (exact) mass is 284 g/mol. The highest BCUT2D eigenvalue weighted by Crippen LogP contribution is 2.41. The van der Waals surface area contributed by atoms with Crippen LogP contribution in [-0.4, -0.2) is 25.1 Å². The molecule has 0 spiro atoms. The van der Waals surface area contributed by atoms with Crippen molar-refractivity contribution < 1.29 is 9.53 Å². The number of rotatable bonds is 3. The first-order valence-corrected chi connectivity index (χ1v) is 10.4. The van der Waals surface area contributed by atoms with E-state index in [1.165, 1.54) is 5.57 Å². The van der Waals surface area contributed by atoms with E-state index >= 15 is 0 Å². The molecule has 3 heteroatoms. The number of allylic oxidation sites excluding steroid dienone is 1. The standard InChI is InChI=1S/C16H32O2Si/c1-12(2)13-9-10-16(6,17)14(11-13)18-19(7,8)15(3,4)5/h11-12,14,17H,9-10H2,1-8H3/t14-,16+/m0/s1. The second-order valence-corrected chi connectivity index (χ2v) is 12.8. The molecule has 0 unspecified atom stereocenters. The van der Waals surface area contributed by atoms with Crippen LogP contribution >= 0.6 is 0 Å². The molecule has 1 aliphatic carbocycles. The Bertz CT molecular complexity index is 348. The summed E-state index contributed by atoms with van der Waals surface area (Å²) in [5, 5.41) is 10.8. The molecular formula is C16H32O2Si. The molecule has 2 atom stereocenters. The Hall–Kier alpha value is -0.123. The second-order valence-electron chi connectivity index (χ2n) is 8.05. The summed E-state index contributed by atoms with van der Waals surface area (Å²) < 4.78 is 6.45. The van der Waals surface area contributed by atoms with Gasteiger partial charge in [0.05, 0.1) is 11.7 Å². The van der Waals surface area contributed by atoms with E-state index < -0.39 is 13.9 Å². The molecule has 0 amide bonds. The highest BCUT2D eigenvalue weighted by molar-refractivity contribution is 6.74. The molecule has 0 aliphatic heterocycles. The van der Waals surface area contributed by atoms with Gasteiger partial charge >= 0.3 is 0 Å². The maximum Gasteiger partial charge on any atom is 0.193 e. The summed E-state index contributed by atoms with van der Waals surface area (Å²) >= 11 is 0. The maximum absolute atomic E-state index is 10.6. The van der Waals surface area contributed by atoms with Crippen molar-refractivity contribution in [2.45, 2.75) is 84.2 Å². The van der Waals surface area contributed by atoms with Gasteiger partial charge in [0.15, 0.2) is 8.32 Å². The summed E-state index contributed by atoms with van der Waals surface area (Å²) in [4.78, 5) is 0. The summed E-state index contributed by atoms with van der Waals surface area (Å²) in [7, 11) is -1.85. The summed E-state index contributed by atoms with van der Waals surface area (Å²) in [5.74, 6) is 0.543. The van der Waals surface area contributed by atoms with E-state index in [2.05, 4.69) is 53.8 Å². The fraction of sp³-hybridized carbons (Fsp3) is 0.875. The van der Waals surface area contributed by atoms with Crippen molar-refractivity contribution in [3.05, 3.63) is 11.6 Å². The molecule has 0 aromatic rings. The Kier molecular flexibility index (Phi) is 4.76. The van der Waals surface area contributed by atoms with Crippen molar-refractivity contribution in [3.63, 3.8) is 0 Å². The van der Waals surface area contributed by atoms with Crippen molar-refractivity contribution in [2.75, 3.05) is 0 Å². The van der Waals surface area contributed by atoms with E-state index in [1.54, 1.807) is 0 Å². The molecule has 0 aromatic heterocycles. The minimum absolute atomic E-state index is 0.153. The van der Waals surface area contributed by atoms with E-state index in [0.29, 0.717) is 5.92 Å². The van der Waals surface area contributed by atoms with Gasteiger partial charge in [0.1, 0.15) is 0 Å². The fourth-order valence-electron chi connectivity index (χ4n) is 2.13. The van der Waals surface area contributed by atoms with Crippen molar-refractivity contribution in [1.29, 1.82) is 0 Å². The number of hydrogen-bond donors (Lipinski definition) is 1. The van der Waals surface area contributed by atoms with Gasteiger partial charge in [0, 0.05) is 0 Å². The minimum atomic E-state index is -1.85. The first-order chi connectivity index (χ1) is 8.37. The predicted octanol–water partition coefficient (Wildman–Crippen LogP) is 4.50. The van der Waals surface area contributed by atoms with Gasteiger partial charge in [-0.1, -0.05) is 46.3 Å². The lowest BCUT2D eigenvalue weighted by Gasteiger charge is -2.44. The van der Waals surface area contributed by atoms with Gasteiger partial charge in [-0.15, -0.1) is 0 Å². The van der Waals surface area contributed by atoms with Gasteiger partial charge in [-0.05, 0) is 43.8 Å². The van der Waals surface area contributed by atoms with Crippen LogP contribution in [0.15, 0.2) is 11.6 Å². The highest BCUT2D eigenvalue weighted by Gasteiger charge is 2.44. The van der Waals surface area contributed by atoms with Crippen molar-refractivity contribution in [2.24, 2.45) is 5.92 Å². The first kappa shape index (κ1) is 16.9. The Labute approximate surface area is 120 Å². The van der Waals surface area contributed by atoms with E-state index in [9.17, 15) is 5.11 Å². The Morgan fingerprint density at radius 2 is 1.89 bits per heavy atom.